The molecule has 1 aromatic carbocycles. The van der Waals surface area contributed by atoms with Crippen molar-refractivity contribution in [3.8, 4) is 5.75 Å². The van der Waals surface area contributed by atoms with Crippen LogP contribution < -0.4 is 10.1 Å². The maximum Gasteiger partial charge on any atom is 0.122 e. The SMILES string of the molecule is CC(CCC1CCOc2ccccc21)CNC(C)C. The molecule has 0 spiro atoms. The molecule has 2 nitrogen and oxygen atoms in total. The van der Waals surface area contributed by atoms with Crippen LogP contribution in [0, 0.1) is 5.92 Å². The average Bonchev–Trinajstić information content (AvgIpc) is 2.42. The fourth-order valence-corrected chi connectivity index (χ4v) is 2.74. The van der Waals surface area contributed by atoms with E-state index in [0.29, 0.717) is 12.0 Å². The Hall–Kier alpha value is -1.02. The Labute approximate surface area is 117 Å². The molecule has 2 rings (SSSR count). The van der Waals surface area contributed by atoms with Crippen molar-refractivity contribution < 1.29 is 4.74 Å². The minimum Gasteiger partial charge on any atom is -0.493 e. The van der Waals surface area contributed by atoms with E-state index in [1.165, 1.54) is 24.8 Å². The normalized spacial score (nSPS) is 19.9. The third-order valence-corrected chi connectivity index (χ3v) is 3.97. The van der Waals surface area contributed by atoms with E-state index in [-0.39, 0.29) is 0 Å². The van der Waals surface area contributed by atoms with Gasteiger partial charge in [-0.2, -0.15) is 0 Å². The maximum atomic E-state index is 5.73. The molecule has 2 unspecified atom stereocenters. The average molecular weight is 261 g/mol. The largest absolute Gasteiger partial charge is 0.493 e. The van der Waals surface area contributed by atoms with Crippen molar-refractivity contribution >= 4 is 0 Å². The van der Waals surface area contributed by atoms with Crippen LogP contribution in [0.3, 0.4) is 0 Å². The lowest BCUT2D eigenvalue weighted by Gasteiger charge is -2.27. The van der Waals surface area contributed by atoms with Crippen LogP contribution in [0.4, 0.5) is 0 Å². The molecule has 0 saturated carbocycles. The smallest absolute Gasteiger partial charge is 0.122 e. The number of hydrogen-bond donors (Lipinski definition) is 1. The molecular weight excluding hydrogens is 234 g/mol. The van der Waals surface area contributed by atoms with E-state index >= 15 is 0 Å². The maximum absolute atomic E-state index is 5.73. The molecule has 0 bridgehead atoms. The van der Waals surface area contributed by atoms with E-state index in [1.807, 2.05) is 0 Å². The summed E-state index contributed by atoms with van der Waals surface area (Å²) < 4.78 is 5.73. The van der Waals surface area contributed by atoms with Crippen LogP contribution in [0.1, 0.15) is 51.5 Å². The first-order chi connectivity index (χ1) is 9.16. The van der Waals surface area contributed by atoms with Crippen molar-refractivity contribution in [1.82, 2.24) is 5.32 Å². The molecule has 1 aromatic rings. The zero-order valence-corrected chi connectivity index (χ0v) is 12.5. The number of rotatable bonds is 6. The summed E-state index contributed by atoms with van der Waals surface area (Å²) in [5.41, 5.74) is 1.41. The Morgan fingerprint density at radius 3 is 2.84 bits per heavy atom. The van der Waals surface area contributed by atoms with Crippen LogP contribution in [0.2, 0.25) is 0 Å². The van der Waals surface area contributed by atoms with Gasteiger partial charge in [-0.3, -0.25) is 0 Å². The van der Waals surface area contributed by atoms with Crippen molar-refractivity contribution in [3.05, 3.63) is 29.8 Å². The van der Waals surface area contributed by atoms with Gasteiger partial charge in [-0.25, -0.2) is 0 Å². The molecule has 1 aliphatic heterocycles. The minimum absolute atomic E-state index is 0.589. The summed E-state index contributed by atoms with van der Waals surface area (Å²) in [6.07, 6.45) is 3.74. The molecule has 0 fully saturated rings. The van der Waals surface area contributed by atoms with Crippen molar-refractivity contribution in [1.29, 1.82) is 0 Å². The van der Waals surface area contributed by atoms with Crippen molar-refractivity contribution in [2.75, 3.05) is 13.2 Å². The van der Waals surface area contributed by atoms with Gasteiger partial charge in [-0.1, -0.05) is 39.0 Å². The standard InChI is InChI=1S/C17H27NO/c1-13(2)18-12-14(3)8-9-15-10-11-19-17-7-5-4-6-16(15)17/h4-7,13-15,18H,8-12H2,1-3H3. The molecule has 106 valence electrons. The zero-order chi connectivity index (χ0) is 13.7. The van der Waals surface area contributed by atoms with Gasteiger partial charge in [0.1, 0.15) is 5.75 Å². The van der Waals surface area contributed by atoms with Gasteiger partial charge in [-0.05, 0) is 49.3 Å². The lowest BCUT2D eigenvalue weighted by molar-refractivity contribution is 0.257. The summed E-state index contributed by atoms with van der Waals surface area (Å²) in [7, 11) is 0. The van der Waals surface area contributed by atoms with E-state index in [2.05, 4.69) is 50.4 Å². The molecule has 1 heterocycles. The summed E-state index contributed by atoms with van der Waals surface area (Å²) in [6, 6.07) is 9.12. The molecule has 19 heavy (non-hydrogen) atoms. The van der Waals surface area contributed by atoms with E-state index in [9.17, 15) is 0 Å². The Balaban J connectivity index is 1.84. The number of hydrogen-bond acceptors (Lipinski definition) is 2. The first kappa shape index (κ1) is 14.4. The fourth-order valence-electron chi connectivity index (χ4n) is 2.74. The van der Waals surface area contributed by atoms with Crippen molar-refractivity contribution in [3.63, 3.8) is 0 Å². The number of fused-ring (bicyclic) bond motifs is 1. The molecule has 2 heteroatoms. The highest BCUT2D eigenvalue weighted by molar-refractivity contribution is 5.37. The van der Waals surface area contributed by atoms with Crippen LogP contribution >= 0.6 is 0 Å². The summed E-state index contributed by atoms with van der Waals surface area (Å²) >= 11 is 0. The molecule has 1 aliphatic rings. The third kappa shape index (κ3) is 4.24. The van der Waals surface area contributed by atoms with E-state index in [1.54, 1.807) is 0 Å². The van der Waals surface area contributed by atoms with Gasteiger partial charge in [-0.15, -0.1) is 0 Å². The lowest BCUT2D eigenvalue weighted by Crippen LogP contribution is -2.28. The first-order valence-corrected chi connectivity index (χ1v) is 7.62. The van der Waals surface area contributed by atoms with Crippen LogP contribution in [0.25, 0.3) is 0 Å². The minimum atomic E-state index is 0.589. The van der Waals surface area contributed by atoms with Crippen LogP contribution in [0.5, 0.6) is 5.75 Å². The molecule has 0 aliphatic carbocycles. The van der Waals surface area contributed by atoms with E-state index in [0.717, 1.165) is 24.8 Å². The molecule has 0 amide bonds. The number of para-hydroxylation sites is 1. The Morgan fingerprint density at radius 2 is 2.05 bits per heavy atom. The number of ether oxygens (including phenoxy) is 1. The number of nitrogens with one attached hydrogen (secondary N) is 1. The summed E-state index contributed by atoms with van der Waals surface area (Å²) in [5, 5.41) is 3.53. The quantitative estimate of drug-likeness (QED) is 0.836. The second-order valence-electron chi connectivity index (χ2n) is 6.12. The molecule has 0 saturated heterocycles. The van der Waals surface area contributed by atoms with Gasteiger partial charge in [0, 0.05) is 6.04 Å². The highest BCUT2D eigenvalue weighted by atomic mass is 16.5. The molecule has 1 N–H and O–H groups in total. The fraction of sp³-hybridized carbons (Fsp3) is 0.647. The summed E-state index contributed by atoms with van der Waals surface area (Å²) in [6.45, 7) is 8.77. The van der Waals surface area contributed by atoms with Crippen molar-refractivity contribution in [2.45, 2.75) is 52.0 Å². The van der Waals surface area contributed by atoms with Gasteiger partial charge in [0.25, 0.3) is 0 Å². The summed E-state index contributed by atoms with van der Waals surface area (Å²) in [4.78, 5) is 0. The Morgan fingerprint density at radius 1 is 1.26 bits per heavy atom. The Bertz CT molecular complexity index is 389. The zero-order valence-electron chi connectivity index (χ0n) is 12.5. The molecule has 0 radical (unpaired) electrons. The third-order valence-electron chi connectivity index (χ3n) is 3.97. The predicted molar refractivity (Wildman–Crippen MR) is 80.8 cm³/mol. The predicted octanol–water partition coefficient (Wildman–Crippen LogP) is 3.97. The monoisotopic (exact) mass is 261 g/mol. The van der Waals surface area contributed by atoms with E-state index < -0.39 is 0 Å². The second kappa shape index (κ2) is 6.95. The van der Waals surface area contributed by atoms with Crippen LogP contribution in [-0.2, 0) is 0 Å². The molecule has 2 atom stereocenters. The second-order valence-corrected chi connectivity index (χ2v) is 6.12. The van der Waals surface area contributed by atoms with Gasteiger partial charge in [0.2, 0.25) is 0 Å². The van der Waals surface area contributed by atoms with Gasteiger partial charge in [0.15, 0.2) is 0 Å². The van der Waals surface area contributed by atoms with Crippen LogP contribution in [-0.4, -0.2) is 19.2 Å². The highest BCUT2D eigenvalue weighted by Crippen LogP contribution is 2.36. The van der Waals surface area contributed by atoms with Gasteiger partial charge in [0.05, 0.1) is 6.61 Å². The number of benzene rings is 1. The first-order valence-electron chi connectivity index (χ1n) is 7.62. The molecule has 0 aromatic heterocycles. The molecular formula is C17H27NO. The van der Waals surface area contributed by atoms with E-state index in [4.69, 9.17) is 4.74 Å². The topological polar surface area (TPSA) is 21.3 Å². The highest BCUT2D eigenvalue weighted by Gasteiger charge is 2.21. The van der Waals surface area contributed by atoms with Crippen LogP contribution in [0.15, 0.2) is 24.3 Å². The summed E-state index contributed by atoms with van der Waals surface area (Å²) in [5.74, 6) is 2.54. The van der Waals surface area contributed by atoms with Gasteiger partial charge < -0.3 is 10.1 Å². The lowest BCUT2D eigenvalue weighted by atomic mass is 9.87. The van der Waals surface area contributed by atoms with Gasteiger partial charge >= 0.3 is 0 Å². The van der Waals surface area contributed by atoms with Crippen molar-refractivity contribution in [2.24, 2.45) is 5.92 Å². The Kier molecular flexibility index (Phi) is 5.26.